The van der Waals surface area contributed by atoms with E-state index in [1.54, 1.807) is 19.1 Å². The van der Waals surface area contributed by atoms with Crippen LogP contribution in [0.3, 0.4) is 0 Å². The first-order valence-electron chi connectivity index (χ1n) is 4.57. The van der Waals surface area contributed by atoms with Gasteiger partial charge in [0, 0.05) is 5.33 Å². The van der Waals surface area contributed by atoms with Gasteiger partial charge in [0.1, 0.15) is 0 Å². The van der Waals surface area contributed by atoms with Gasteiger partial charge in [-0.2, -0.15) is 0 Å². The summed E-state index contributed by atoms with van der Waals surface area (Å²) in [7, 11) is 0. The highest BCUT2D eigenvalue weighted by Gasteiger charge is 2.47. The summed E-state index contributed by atoms with van der Waals surface area (Å²) in [4.78, 5) is 22.2. The summed E-state index contributed by atoms with van der Waals surface area (Å²) in [6, 6.07) is 0. The van der Waals surface area contributed by atoms with E-state index < -0.39 is 22.8 Å². The van der Waals surface area contributed by atoms with Gasteiger partial charge in [0.15, 0.2) is 0 Å². The molecule has 2 atom stereocenters. The van der Waals surface area contributed by atoms with Crippen LogP contribution in [-0.2, 0) is 9.59 Å². The number of carboxylic acid groups (broad SMARTS) is 2. The second-order valence-electron chi connectivity index (χ2n) is 4.23. The molecular formula is C10H13BrO4. The number of allylic oxidation sites excluding steroid dienone is 1. The molecule has 0 spiro atoms. The van der Waals surface area contributed by atoms with Crippen molar-refractivity contribution in [3.8, 4) is 0 Å². The molecule has 0 aromatic rings. The molecule has 0 aromatic heterocycles. The smallest absolute Gasteiger partial charge is 0.313 e. The van der Waals surface area contributed by atoms with Crippen LogP contribution in [0, 0.1) is 10.8 Å². The molecule has 1 aliphatic carbocycles. The average molecular weight is 277 g/mol. The van der Waals surface area contributed by atoms with E-state index in [1.807, 2.05) is 0 Å². The highest BCUT2D eigenvalue weighted by atomic mass is 79.9. The molecule has 0 bridgehead atoms. The van der Waals surface area contributed by atoms with Gasteiger partial charge in [-0.15, -0.1) is 0 Å². The molecule has 4 nitrogen and oxygen atoms in total. The minimum atomic E-state index is -1.08. The van der Waals surface area contributed by atoms with Gasteiger partial charge in [0.05, 0.1) is 10.8 Å². The molecule has 0 fully saturated rings. The van der Waals surface area contributed by atoms with Crippen LogP contribution < -0.4 is 0 Å². The van der Waals surface area contributed by atoms with Crippen LogP contribution in [0.25, 0.3) is 0 Å². The lowest BCUT2D eigenvalue weighted by Crippen LogP contribution is -2.42. The fourth-order valence-corrected chi connectivity index (χ4v) is 2.51. The van der Waals surface area contributed by atoms with Crippen LogP contribution >= 0.6 is 15.9 Å². The minimum Gasteiger partial charge on any atom is -0.481 e. The fourth-order valence-electron chi connectivity index (χ4n) is 1.85. The van der Waals surface area contributed by atoms with Crippen LogP contribution in [0.5, 0.6) is 0 Å². The van der Waals surface area contributed by atoms with Crippen LogP contribution in [0.4, 0.5) is 0 Å². The van der Waals surface area contributed by atoms with Crippen molar-refractivity contribution in [3.05, 3.63) is 12.2 Å². The van der Waals surface area contributed by atoms with E-state index in [4.69, 9.17) is 10.2 Å². The van der Waals surface area contributed by atoms with Gasteiger partial charge in [-0.1, -0.05) is 28.1 Å². The Kier molecular flexibility index (Phi) is 3.23. The van der Waals surface area contributed by atoms with E-state index in [-0.39, 0.29) is 11.8 Å². The molecule has 2 unspecified atom stereocenters. The van der Waals surface area contributed by atoms with E-state index >= 15 is 0 Å². The van der Waals surface area contributed by atoms with Gasteiger partial charge in [-0.25, -0.2) is 0 Å². The zero-order valence-corrected chi connectivity index (χ0v) is 9.95. The molecule has 0 aliphatic heterocycles. The van der Waals surface area contributed by atoms with E-state index in [1.165, 1.54) is 0 Å². The summed E-state index contributed by atoms with van der Waals surface area (Å²) in [5.41, 5.74) is -2.08. The minimum absolute atomic E-state index is 0.117. The lowest BCUT2D eigenvalue weighted by atomic mass is 9.67. The van der Waals surface area contributed by atoms with E-state index in [2.05, 4.69) is 15.9 Å². The maximum Gasteiger partial charge on any atom is 0.313 e. The van der Waals surface area contributed by atoms with Crippen LogP contribution in [-0.4, -0.2) is 27.5 Å². The Labute approximate surface area is 96.1 Å². The van der Waals surface area contributed by atoms with Crippen molar-refractivity contribution >= 4 is 27.9 Å². The molecule has 15 heavy (non-hydrogen) atoms. The van der Waals surface area contributed by atoms with Crippen LogP contribution in [0.1, 0.15) is 19.8 Å². The molecule has 84 valence electrons. The predicted octanol–water partition coefficient (Wildman–Crippen LogP) is 1.89. The Balaban J connectivity index is 3.06. The summed E-state index contributed by atoms with van der Waals surface area (Å²) in [6.45, 7) is 1.55. The summed E-state index contributed by atoms with van der Waals surface area (Å²) in [5, 5.41) is 18.5. The molecule has 2 N–H and O–H groups in total. The molecule has 0 radical (unpaired) electrons. The Morgan fingerprint density at radius 2 is 2.00 bits per heavy atom. The quantitative estimate of drug-likeness (QED) is 0.610. The topological polar surface area (TPSA) is 74.6 Å². The standard InChI is InChI=1S/C10H13BrO4/c1-9(7(12)13)3-2-4-10(5-9,6-11)8(14)15/h2-3H,4-6H2,1H3,(H,12,13)(H,14,15). The molecular weight excluding hydrogens is 264 g/mol. The van der Waals surface area contributed by atoms with Crippen molar-refractivity contribution in [1.82, 2.24) is 0 Å². The number of hydrogen-bond donors (Lipinski definition) is 2. The van der Waals surface area contributed by atoms with Crippen molar-refractivity contribution in [2.45, 2.75) is 19.8 Å². The fraction of sp³-hybridized carbons (Fsp3) is 0.600. The molecule has 0 amide bonds. The summed E-state index contributed by atoms with van der Waals surface area (Å²) in [6.07, 6.45) is 3.72. The van der Waals surface area contributed by atoms with Crippen molar-refractivity contribution in [3.63, 3.8) is 0 Å². The maximum absolute atomic E-state index is 11.2. The van der Waals surface area contributed by atoms with Gasteiger partial charge in [0.2, 0.25) is 0 Å². The van der Waals surface area contributed by atoms with Crippen molar-refractivity contribution in [2.24, 2.45) is 10.8 Å². The largest absolute Gasteiger partial charge is 0.481 e. The molecule has 5 heteroatoms. The monoisotopic (exact) mass is 276 g/mol. The predicted molar refractivity (Wildman–Crippen MR) is 58.0 cm³/mol. The molecule has 0 heterocycles. The van der Waals surface area contributed by atoms with Gasteiger partial charge in [-0.05, 0) is 19.8 Å². The summed E-state index contributed by atoms with van der Waals surface area (Å²) < 4.78 is 0. The number of hydrogen-bond acceptors (Lipinski definition) is 2. The van der Waals surface area contributed by atoms with Gasteiger partial charge in [-0.3, -0.25) is 9.59 Å². The first-order valence-corrected chi connectivity index (χ1v) is 5.69. The Morgan fingerprint density at radius 3 is 2.40 bits per heavy atom. The third kappa shape index (κ3) is 2.07. The third-order valence-electron chi connectivity index (χ3n) is 2.90. The highest BCUT2D eigenvalue weighted by Crippen LogP contribution is 2.44. The third-order valence-corrected chi connectivity index (χ3v) is 3.97. The van der Waals surface area contributed by atoms with E-state index in [0.29, 0.717) is 6.42 Å². The highest BCUT2D eigenvalue weighted by molar-refractivity contribution is 9.09. The number of alkyl halides is 1. The Bertz CT molecular complexity index is 325. The number of carbonyl (C=O) groups is 2. The summed E-state index contributed by atoms with van der Waals surface area (Å²) in [5.74, 6) is -1.93. The number of aliphatic carboxylic acids is 2. The molecule has 0 aromatic carbocycles. The van der Waals surface area contributed by atoms with E-state index in [9.17, 15) is 9.59 Å². The van der Waals surface area contributed by atoms with Gasteiger partial charge >= 0.3 is 11.9 Å². The molecule has 0 saturated heterocycles. The lowest BCUT2D eigenvalue weighted by molar-refractivity contribution is -0.154. The zero-order chi connectivity index (χ0) is 11.7. The van der Waals surface area contributed by atoms with Crippen molar-refractivity contribution in [2.75, 3.05) is 5.33 Å². The first kappa shape index (κ1) is 12.2. The number of halogens is 1. The maximum atomic E-state index is 11.2. The molecule has 1 rings (SSSR count). The molecule has 1 aliphatic rings. The van der Waals surface area contributed by atoms with Crippen LogP contribution in [0.2, 0.25) is 0 Å². The zero-order valence-electron chi connectivity index (χ0n) is 8.36. The SMILES string of the molecule is CC1(C(=O)O)C=CCC(CBr)(C(=O)O)C1. The van der Waals surface area contributed by atoms with Crippen molar-refractivity contribution < 1.29 is 19.8 Å². The second-order valence-corrected chi connectivity index (χ2v) is 4.79. The van der Waals surface area contributed by atoms with Crippen LogP contribution in [0.15, 0.2) is 12.2 Å². The Morgan fingerprint density at radius 1 is 1.40 bits per heavy atom. The van der Waals surface area contributed by atoms with Gasteiger partial charge in [0.25, 0.3) is 0 Å². The normalized spacial score (nSPS) is 35.1. The number of rotatable bonds is 3. The first-order chi connectivity index (χ1) is 6.86. The molecule has 0 saturated carbocycles. The van der Waals surface area contributed by atoms with Gasteiger partial charge < -0.3 is 10.2 Å². The Hall–Kier alpha value is -0.840. The number of carboxylic acids is 2. The lowest BCUT2D eigenvalue weighted by Gasteiger charge is -2.36. The van der Waals surface area contributed by atoms with E-state index in [0.717, 1.165) is 0 Å². The average Bonchev–Trinajstić information content (AvgIpc) is 2.17. The summed E-state index contributed by atoms with van der Waals surface area (Å²) >= 11 is 3.16. The van der Waals surface area contributed by atoms with Crippen molar-refractivity contribution in [1.29, 1.82) is 0 Å². The second kappa shape index (κ2) is 3.96.